The van der Waals surface area contributed by atoms with Crippen LogP contribution in [0.5, 0.6) is 0 Å². The molecule has 0 aromatic carbocycles. The topological polar surface area (TPSA) is 49.6 Å². The van der Waals surface area contributed by atoms with Crippen LogP contribution >= 0.6 is 0 Å². The molecule has 0 aromatic heterocycles. The van der Waals surface area contributed by atoms with E-state index in [2.05, 4.69) is 18.7 Å². The lowest BCUT2D eigenvalue weighted by molar-refractivity contribution is -0.133. The molecule has 4 heteroatoms. The van der Waals surface area contributed by atoms with Crippen molar-refractivity contribution in [1.82, 2.24) is 9.80 Å². The van der Waals surface area contributed by atoms with Crippen LogP contribution < -0.4 is 5.73 Å². The van der Waals surface area contributed by atoms with E-state index in [1.54, 1.807) is 0 Å². The van der Waals surface area contributed by atoms with Crippen LogP contribution in [0.4, 0.5) is 0 Å². The first-order valence-corrected chi connectivity index (χ1v) is 7.76. The third-order valence-corrected chi connectivity index (χ3v) is 4.25. The van der Waals surface area contributed by atoms with Crippen LogP contribution in [0.1, 0.15) is 52.4 Å². The Kier molecular flexibility index (Phi) is 7.39. The van der Waals surface area contributed by atoms with Crippen molar-refractivity contribution < 1.29 is 4.79 Å². The van der Waals surface area contributed by atoms with E-state index in [0.29, 0.717) is 19.1 Å². The Bertz CT molecular complexity index is 262. The second-order valence-electron chi connectivity index (χ2n) is 6.00. The van der Waals surface area contributed by atoms with Gasteiger partial charge in [0.2, 0.25) is 5.91 Å². The molecule has 0 bridgehead atoms. The molecule has 0 aromatic rings. The van der Waals surface area contributed by atoms with Gasteiger partial charge in [0.15, 0.2) is 0 Å². The zero-order valence-electron chi connectivity index (χ0n) is 12.9. The Morgan fingerprint density at radius 3 is 2.42 bits per heavy atom. The zero-order chi connectivity index (χ0) is 14.3. The summed E-state index contributed by atoms with van der Waals surface area (Å²) in [6, 6.07) is 0.861. The average Bonchev–Trinajstić information content (AvgIpc) is 2.43. The summed E-state index contributed by atoms with van der Waals surface area (Å²) in [6.45, 7) is 6.33. The molecule has 1 fully saturated rings. The number of hydrogen-bond donors (Lipinski definition) is 1. The Morgan fingerprint density at radius 2 is 1.89 bits per heavy atom. The summed E-state index contributed by atoms with van der Waals surface area (Å²) in [5, 5.41) is 0. The van der Waals surface area contributed by atoms with E-state index in [4.69, 9.17) is 5.73 Å². The molecule has 1 aliphatic rings. The van der Waals surface area contributed by atoms with Crippen molar-refractivity contribution in [3.05, 3.63) is 0 Å². The minimum atomic E-state index is 0.234. The summed E-state index contributed by atoms with van der Waals surface area (Å²) >= 11 is 0. The van der Waals surface area contributed by atoms with Gasteiger partial charge in [0, 0.05) is 25.7 Å². The second-order valence-corrected chi connectivity index (χ2v) is 6.00. The predicted molar refractivity (Wildman–Crippen MR) is 80.0 cm³/mol. The highest BCUT2D eigenvalue weighted by Crippen LogP contribution is 2.22. The van der Waals surface area contributed by atoms with E-state index in [0.717, 1.165) is 13.0 Å². The van der Waals surface area contributed by atoms with E-state index in [9.17, 15) is 4.79 Å². The van der Waals surface area contributed by atoms with E-state index in [-0.39, 0.29) is 11.9 Å². The molecule has 112 valence electrons. The lowest BCUT2D eigenvalue weighted by Crippen LogP contribution is -2.46. The maximum Gasteiger partial charge on any atom is 0.236 e. The molecule has 0 aliphatic heterocycles. The van der Waals surface area contributed by atoms with Gasteiger partial charge in [-0.3, -0.25) is 9.69 Å². The third kappa shape index (κ3) is 5.49. The van der Waals surface area contributed by atoms with Gasteiger partial charge in [-0.05, 0) is 39.7 Å². The molecule has 0 spiro atoms. The van der Waals surface area contributed by atoms with Crippen LogP contribution in [0, 0.1) is 0 Å². The molecule has 0 radical (unpaired) electrons. The Morgan fingerprint density at radius 1 is 1.26 bits per heavy atom. The highest BCUT2D eigenvalue weighted by Gasteiger charge is 2.24. The zero-order valence-corrected chi connectivity index (χ0v) is 12.9. The number of amides is 1. The number of hydrogen-bond acceptors (Lipinski definition) is 3. The molecule has 0 heterocycles. The molecular weight excluding hydrogens is 238 g/mol. The maximum atomic E-state index is 12.3. The average molecular weight is 269 g/mol. The normalized spacial score (nSPS) is 17.2. The van der Waals surface area contributed by atoms with Crippen LogP contribution in [-0.2, 0) is 4.79 Å². The van der Waals surface area contributed by atoms with Crippen molar-refractivity contribution in [3.8, 4) is 0 Å². The molecule has 0 saturated heterocycles. The number of carbonyl (C=O) groups excluding carboxylic acids is 1. The quantitative estimate of drug-likeness (QED) is 0.767. The summed E-state index contributed by atoms with van der Waals surface area (Å²) in [5.74, 6) is 0.234. The van der Waals surface area contributed by atoms with E-state index < -0.39 is 0 Å². The number of nitrogens with zero attached hydrogens (tertiary/aromatic N) is 2. The summed E-state index contributed by atoms with van der Waals surface area (Å²) in [4.78, 5) is 16.5. The molecule has 1 aliphatic carbocycles. The standard InChI is InChI=1S/C15H31N3O/c1-13(2)17(3)15(19)12-18(11-7-10-16)14-8-5-4-6-9-14/h13-14H,4-12,16H2,1-3H3. The first-order chi connectivity index (χ1) is 9.06. The van der Waals surface area contributed by atoms with Crippen molar-refractivity contribution in [2.45, 2.75) is 64.5 Å². The minimum Gasteiger partial charge on any atom is -0.342 e. The predicted octanol–water partition coefficient (Wildman–Crippen LogP) is 1.84. The smallest absolute Gasteiger partial charge is 0.236 e. The van der Waals surface area contributed by atoms with Gasteiger partial charge < -0.3 is 10.6 Å². The summed E-state index contributed by atoms with van der Waals surface area (Å²) in [6.07, 6.45) is 7.42. The molecule has 0 unspecified atom stereocenters. The Labute approximate surface area is 118 Å². The van der Waals surface area contributed by atoms with Gasteiger partial charge in [-0.15, -0.1) is 0 Å². The van der Waals surface area contributed by atoms with Gasteiger partial charge in [0.05, 0.1) is 6.54 Å². The van der Waals surface area contributed by atoms with Crippen molar-refractivity contribution >= 4 is 5.91 Å². The maximum absolute atomic E-state index is 12.3. The van der Waals surface area contributed by atoms with Crippen LogP contribution in [-0.4, -0.2) is 54.5 Å². The minimum absolute atomic E-state index is 0.234. The molecule has 2 N–H and O–H groups in total. The van der Waals surface area contributed by atoms with Gasteiger partial charge in [-0.1, -0.05) is 19.3 Å². The largest absolute Gasteiger partial charge is 0.342 e. The number of likely N-dealkylation sites (N-methyl/N-ethyl adjacent to an activating group) is 1. The Balaban J connectivity index is 2.55. The van der Waals surface area contributed by atoms with Crippen molar-refractivity contribution in [1.29, 1.82) is 0 Å². The summed E-state index contributed by atoms with van der Waals surface area (Å²) in [5.41, 5.74) is 5.62. The summed E-state index contributed by atoms with van der Waals surface area (Å²) < 4.78 is 0. The number of carbonyl (C=O) groups is 1. The van der Waals surface area contributed by atoms with Crippen molar-refractivity contribution in [2.75, 3.05) is 26.7 Å². The van der Waals surface area contributed by atoms with Gasteiger partial charge in [0.1, 0.15) is 0 Å². The fraction of sp³-hybridized carbons (Fsp3) is 0.933. The Hall–Kier alpha value is -0.610. The molecule has 1 saturated carbocycles. The van der Waals surface area contributed by atoms with Crippen LogP contribution in [0.2, 0.25) is 0 Å². The number of rotatable bonds is 7. The monoisotopic (exact) mass is 269 g/mol. The number of nitrogens with two attached hydrogens (primary N) is 1. The van der Waals surface area contributed by atoms with Crippen molar-refractivity contribution in [2.24, 2.45) is 5.73 Å². The highest BCUT2D eigenvalue weighted by molar-refractivity contribution is 5.78. The molecule has 4 nitrogen and oxygen atoms in total. The lowest BCUT2D eigenvalue weighted by Gasteiger charge is -2.35. The molecule has 1 rings (SSSR count). The molecule has 0 atom stereocenters. The van der Waals surface area contributed by atoms with Crippen LogP contribution in [0.25, 0.3) is 0 Å². The fourth-order valence-corrected chi connectivity index (χ4v) is 2.70. The van der Waals surface area contributed by atoms with Gasteiger partial charge in [0.25, 0.3) is 0 Å². The fourth-order valence-electron chi connectivity index (χ4n) is 2.70. The van der Waals surface area contributed by atoms with Gasteiger partial charge in [-0.2, -0.15) is 0 Å². The molecular formula is C15H31N3O. The highest BCUT2D eigenvalue weighted by atomic mass is 16.2. The third-order valence-electron chi connectivity index (χ3n) is 4.25. The van der Waals surface area contributed by atoms with Gasteiger partial charge in [-0.25, -0.2) is 0 Å². The van der Waals surface area contributed by atoms with Crippen molar-refractivity contribution in [3.63, 3.8) is 0 Å². The molecule has 19 heavy (non-hydrogen) atoms. The first kappa shape index (κ1) is 16.4. The van der Waals surface area contributed by atoms with E-state index in [1.165, 1.54) is 32.1 Å². The van der Waals surface area contributed by atoms with E-state index in [1.807, 2.05) is 11.9 Å². The second kappa shape index (κ2) is 8.54. The van der Waals surface area contributed by atoms with E-state index >= 15 is 0 Å². The van der Waals surface area contributed by atoms with Gasteiger partial charge >= 0.3 is 0 Å². The molecule has 1 amide bonds. The summed E-state index contributed by atoms with van der Waals surface area (Å²) in [7, 11) is 1.90. The van der Waals surface area contributed by atoms with Crippen LogP contribution in [0.15, 0.2) is 0 Å². The van der Waals surface area contributed by atoms with Crippen LogP contribution in [0.3, 0.4) is 0 Å². The first-order valence-electron chi connectivity index (χ1n) is 7.76. The SMILES string of the molecule is CC(C)N(C)C(=O)CN(CCCN)C1CCCCC1. The lowest BCUT2D eigenvalue weighted by atomic mass is 9.94.